The number of aryl methyl sites for hydroxylation is 1. The van der Waals surface area contributed by atoms with Crippen LogP contribution in [0.25, 0.3) is 6.08 Å². The number of rotatable bonds is 6. The Bertz CT molecular complexity index is 834. The van der Waals surface area contributed by atoms with E-state index in [4.69, 9.17) is 23.2 Å². The first-order valence-corrected chi connectivity index (χ1v) is 8.92. The minimum atomic E-state index is -0.282. The van der Waals surface area contributed by atoms with Gasteiger partial charge < -0.3 is 10.2 Å². The number of nitrogens with one attached hydrogen (secondary N) is 1. The Labute approximate surface area is 163 Å². The highest BCUT2D eigenvalue weighted by Crippen LogP contribution is 2.23. The Hall–Kier alpha value is -2.30. The summed E-state index contributed by atoms with van der Waals surface area (Å²) in [5, 5.41) is 3.72. The van der Waals surface area contributed by atoms with Crippen LogP contribution in [0.3, 0.4) is 0 Å². The van der Waals surface area contributed by atoms with E-state index in [9.17, 15) is 9.59 Å². The summed E-state index contributed by atoms with van der Waals surface area (Å²) in [5.41, 5.74) is 2.57. The third-order valence-electron chi connectivity index (χ3n) is 3.79. The zero-order chi connectivity index (χ0) is 19.1. The van der Waals surface area contributed by atoms with Gasteiger partial charge in [-0.1, -0.05) is 54.4 Å². The monoisotopic (exact) mass is 390 g/mol. The molecule has 0 saturated heterocycles. The van der Waals surface area contributed by atoms with Crippen molar-refractivity contribution in [3.8, 4) is 0 Å². The van der Waals surface area contributed by atoms with Gasteiger partial charge in [0.05, 0.1) is 16.6 Å². The molecule has 0 unspecified atom stereocenters. The number of amides is 2. The first-order chi connectivity index (χ1) is 12.4. The van der Waals surface area contributed by atoms with Crippen LogP contribution in [0.2, 0.25) is 10.0 Å². The van der Waals surface area contributed by atoms with Crippen molar-refractivity contribution in [2.75, 3.05) is 18.9 Å². The van der Waals surface area contributed by atoms with Crippen molar-refractivity contribution in [3.05, 3.63) is 69.7 Å². The van der Waals surface area contributed by atoms with Gasteiger partial charge in [0, 0.05) is 18.8 Å². The fourth-order valence-electron chi connectivity index (χ4n) is 2.34. The fraction of sp³-hybridized carbons (Fsp3) is 0.200. The van der Waals surface area contributed by atoms with E-state index >= 15 is 0 Å². The Balaban J connectivity index is 1.94. The van der Waals surface area contributed by atoms with Crippen molar-refractivity contribution in [2.45, 2.75) is 13.3 Å². The number of anilines is 1. The van der Waals surface area contributed by atoms with Crippen LogP contribution in [-0.4, -0.2) is 30.3 Å². The Morgan fingerprint density at radius 1 is 1.12 bits per heavy atom. The van der Waals surface area contributed by atoms with Crippen molar-refractivity contribution in [1.29, 1.82) is 0 Å². The second-order valence-electron chi connectivity index (χ2n) is 5.76. The second kappa shape index (κ2) is 9.41. The number of para-hydroxylation sites is 1. The van der Waals surface area contributed by atoms with Gasteiger partial charge in [-0.2, -0.15) is 0 Å². The third kappa shape index (κ3) is 5.61. The zero-order valence-electron chi connectivity index (χ0n) is 14.6. The molecular formula is C20H20Cl2N2O2. The van der Waals surface area contributed by atoms with Crippen molar-refractivity contribution in [2.24, 2.45) is 0 Å². The average molecular weight is 391 g/mol. The molecule has 6 heteroatoms. The van der Waals surface area contributed by atoms with E-state index in [2.05, 4.69) is 5.32 Å². The van der Waals surface area contributed by atoms with Gasteiger partial charge in [-0.15, -0.1) is 0 Å². The minimum Gasteiger partial charge on any atom is -0.333 e. The average Bonchev–Trinajstić information content (AvgIpc) is 2.62. The standard InChI is InChI=1S/C20H20Cl2N2O2/c1-3-15-6-4-5-7-18(15)23-19(25)13-24(2)20(26)11-9-14-8-10-16(21)17(22)12-14/h4-12H,3,13H2,1-2H3,(H,23,25)/b11-9+. The lowest BCUT2D eigenvalue weighted by atomic mass is 10.1. The molecule has 0 aliphatic rings. The van der Waals surface area contributed by atoms with Gasteiger partial charge in [0.2, 0.25) is 11.8 Å². The molecule has 2 amide bonds. The van der Waals surface area contributed by atoms with E-state index in [0.29, 0.717) is 10.0 Å². The van der Waals surface area contributed by atoms with Crippen molar-refractivity contribution >= 4 is 46.8 Å². The molecule has 1 N–H and O–H groups in total. The van der Waals surface area contributed by atoms with Crippen LogP contribution in [0.4, 0.5) is 5.69 Å². The van der Waals surface area contributed by atoms with Crippen LogP contribution >= 0.6 is 23.2 Å². The fourth-order valence-corrected chi connectivity index (χ4v) is 2.65. The maximum absolute atomic E-state index is 12.2. The number of carbonyl (C=O) groups is 2. The van der Waals surface area contributed by atoms with Gasteiger partial charge in [-0.25, -0.2) is 0 Å². The lowest BCUT2D eigenvalue weighted by Gasteiger charge is -2.16. The molecule has 2 aromatic rings. The van der Waals surface area contributed by atoms with Crippen LogP contribution in [0, 0.1) is 0 Å². The van der Waals surface area contributed by atoms with Gasteiger partial charge in [-0.3, -0.25) is 9.59 Å². The van der Waals surface area contributed by atoms with Gasteiger partial charge in [-0.05, 0) is 41.8 Å². The summed E-state index contributed by atoms with van der Waals surface area (Å²) in [5.74, 6) is -0.528. The maximum Gasteiger partial charge on any atom is 0.246 e. The molecule has 0 radical (unpaired) electrons. The summed E-state index contributed by atoms with van der Waals surface area (Å²) in [6.45, 7) is 1.98. The predicted molar refractivity (Wildman–Crippen MR) is 108 cm³/mol. The molecular weight excluding hydrogens is 371 g/mol. The quantitative estimate of drug-likeness (QED) is 0.728. The number of hydrogen-bond donors (Lipinski definition) is 1. The van der Waals surface area contributed by atoms with Crippen LogP contribution < -0.4 is 5.32 Å². The number of halogens is 2. The van der Waals surface area contributed by atoms with Crippen molar-refractivity contribution < 1.29 is 9.59 Å². The molecule has 0 bridgehead atoms. The summed E-state index contributed by atoms with van der Waals surface area (Å²) < 4.78 is 0. The van der Waals surface area contributed by atoms with E-state index in [1.54, 1.807) is 31.3 Å². The van der Waals surface area contributed by atoms with E-state index in [1.807, 2.05) is 31.2 Å². The van der Waals surface area contributed by atoms with Crippen LogP contribution in [0.15, 0.2) is 48.5 Å². The van der Waals surface area contributed by atoms with E-state index in [0.717, 1.165) is 23.2 Å². The zero-order valence-corrected chi connectivity index (χ0v) is 16.1. The van der Waals surface area contributed by atoms with E-state index < -0.39 is 0 Å². The molecule has 0 aliphatic heterocycles. The largest absolute Gasteiger partial charge is 0.333 e. The SMILES string of the molecule is CCc1ccccc1NC(=O)CN(C)C(=O)/C=C/c1ccc(Cl)c(Cl)c1. The van der Waals surface area contributed by atoms with Crippen LogP contribution in [0.5, 0.6) is 0 Å². The molecule has 0 aliphatic carbocycles. The van der Waals surface area contributed by atoms with Gasteiger partial charge >= 0.3 is 0 Å². The predicted octanol–water partition coefficient (Wildman–Crippen LogP) is 4.67. The topological polar surface area (TPSA) is 49.4 Å². The lowest BCUT2D eigenvalue weighted by molar-refractivity contribution is -0.129. The molecule has 2 aromatic carbocycles. The summed E-state index contributed by atoms with van der Waals surface area (Å²) in [7, 11) is 1.58. The van der Waals surface area contributed by atoms with Crippen LogP contribution in [-0.2, 0) is 16.0 Å². The van der Waals surface area contributed by atoms with Crippen molar-refractivity contribution in [3.63, 3.8) is 0 Å². The summed E-state index contributed by atoms with van der Waals surface area (Å²) in [4.78, 5) is 25.7. The Morgan fingerprint density at radius 2 is 1.85 bits per heavy atom. The van der Waals surface area contributed by atoms with E-state index in [-0.39, 0.29) is 18.4 Å². The third-order valence-corrected chi connectivity index (χ3v) is 4.53. The smallest absolute Gasteiger partial charge is 0.246 e. The number of likely N-dealkylation sites (N-methyl/N-ethyl adjacent to an activating group) is 1. The van der Waals surface area contributed by atoms with Gasteiger partial charge in [0.1, 0.15) is 0 Å². The molecule has 4 nitrogen and oxygen atoms in total. The summed E-state index contributed by atoms with van der Waals surface area (Å²) in [6, 6.07) is 12.7. The van der Waals surface area contributed by atoms with Crippen LogP contribution in [0.1, 0.15) is 18.1 Å². The molecule has 2 rings (SSSR count). The lowest BCUT2D eigenvalue weighted by Crippen LogP contribution is -2.34. The molecule has 26 heavy (non-hydrogen) atoms. The Morgan fingerprint density at radius 3 is 2.54 bits per heavy atom. The number of nitrogens with zero attached hydrogens (tertiary/aromatic N) is 1. The van der Waals surface area contributed by atoms with E-state index in [1.165, 1.54) is 11.0 Å². The molecule has 0 spiro atoms. The highest BCUT2D eigenvalue weighted by Gasteiger charge is 2.12. The molecule has 136 valence electrons. The number of carbonyl (C=O) groups excluding carboxylic acids is 2. The summed E-state index contributed by atoms with van der Waals surface area (Å²) in [6.07, 6.45) is 3.84. The Kier molecular flexibility index (Phi) is 7.25. The van der Waals surface area contributed by atoms with Crippen molar-refractivity contribution in [1.82, 2.24) is 4.90 Å². The number of benzene rings is 2. The molecule has 0 heterocycles. The summed E-state index contributed by atoms with van der Waals surface area (Å²) >= 11 is 11.8. The highest BCUT2D eigenvalue weighted by atomic mass is 35.5. The molecule has 0 fully saturated rings. The minimum absolute atomic E-state index is 0.0391. The highest BCUT2D eigenvalue weighted by molar-refractivity contribution is 6.42. The number of hydrogen-bond acceptors (Lipinski definition) is 2. The first kappa shape index (κ1) is 20.0. The maximum atomic E-state index is 12.2. The molecule has 0 saturated carbocycles. The van der Waals surface area contributed by atoms with Gasteiger partial charge in [0.15, 0.2) is 0 Å². The van der Waals surface area contributed by atoms with Gasteiger partial charge in [0.25, 0.3) is 0 Å². The first-order valence-electron chi connectivity index (χ1n) is 8.16. The molecule has 0 aromatic heterocycles. The molecule has 0 atom stereocenters. The normalized spacial score (nSPS) is 10.8. The second-order valence-corrected chi connectivity index (χ2v) is 6.57.